The van der Waals surface area contributed by atoms with Gasteiger partial charge in [-0.05, 0) is 23.8 Å². The Morgan fingerprint density at radius 1 is 1.24 bits per heavy atom. The van der Waals surface area contributed by atoms with Gasteiger partial charge in [-0.1, -0.05) is 18.2 Å². The molecule has 1 N–H and O–H groups in total. The third-order valence-corrected chi connectivity index (χ3v) is 2.90. The van der Waals surface area contributed by atoms with Crippen LogP contribution in [0.25, 0.3) is 11.8 Å². The summed E-state index contributed by atoms with van der Waals surface area (Å²) in [7, 11) is 2.82. The Kier molecular flexibility index (Phi) is 4.56. The number of ether oxygens (including phenoxy) is 2. The van der Waals surface area contributed by atoms with Gasteiger partial charge in [0.25, 0.3) is 0 Å². The molecule has 0 aliphatic carbocycles. The largest absolute Gasteiger partial charge is 0.507 e. The first kappa shape index (κ1) is 14.6. The topological polar surface area (TPSA) is 68.7 Å². The summed E-state index contributed by atoms with van der Waals surface area (Å²) in [5.74, 6) is -0.0530. The number of aromatic nitrogens is 1. The number of pyridine rings is 1. The molecule has 0 fully saturated rings. The molecule has 2 aromatic rings. The number of aliphatic hydroxyl groups is 1. The Bertz CT molecular complexity index is 679. The van der Waals surface area contributed by atoms with Crippen LogP contribution in [0.4, 0.5) is 0 Å². The third-order valence-electron chi connectivity index (χ3n) is 2.90. The molecule has 0 amide bonds. The molecule has 0 aliphatic rings. The first-order valence-corrected chi connectivity index (χ1v) is 6.24. The number of rotatable bonds is 4. The van der Waals surface area contributed by atoms with Crippen LogP contribution in [0.3, 0.4) is 0 Å². The van der Waals surface area contributed by atoms with E-state index in [0.717, 1.165) is 0 Å². The molecule has 0 saturated carbocycles. The highest BCUT2D eigenvalue weighted by molar-refractivity contribution is 5.95. The predicted octanol–water partition coefficient (Wildman–Crippen LogP) is 2.93. The first-order chi connectivity index (χ1) is 10.2. The molecule has 5 nitrogen and oxygen atoms in total. The highest BCUT2D eigenvalue weighted by Gasteiger charge is 2.10. The molecular formula is C16H15NO4. The lowest BCUT2D eigenvalue weighted by molar-refractivity contribution is 0.0600. The second kappa shape index (κ2) is 6.56. The molecule has 1 heterocycles. The van der Waals surface area contributed by atoms with Crippen LogP contribution in [0.2, 0.25) is 0 Å². The maximum atomic E-state index is 11.7. The minimum Gasteiger partial charge on any atom is -0.507 e. The quantitative estimate of drug-likeness (QED) is 0.691. The average Bonchev–Trinajstić information content (AvgIpc) is 2.54. The predicted molar refractivity (Wildman–Crippen MR) is 79.1 cm³/mol. The molecule has 1 aromatic heterocycles. The van der Waals surface area contributed by atoms with E-state index in [-0.39, 0.29) is 5.76 Å². The van der Waals surface area contributed by atoms with Crippen molar-refractivity contribution in [1.82, 2.24) is 4.98 Å². The van der Waals surface area contributed by atoms with Crippen molar-refractivity contribution in [3.05, 3.63) is 59.3 Å². The third kappa shape index (κ3) is 3.39. The van der Waals surface area contributed by atoms with Crippen molar-refractivity contribution in [3.8, 4) is 5.88 Å². The van der Waals surface area contributed by atoms with E-state index in [9.17, 15) is 9.90 Å². The molecule has 0 spiro atoms. The van der Waals surface area contributed by atoms with Gasteiger partial charge in [0, 0.05) is 17.8 Å². The zero-order valence-corrected chi connectivity index (χ0v) is 11.7. The van der Waals surface area contributed by atoms with Gasteiger partial charge in [-0.3, -0.25) is 0 Å². The number of hydrogen-bond acceptors (Lipinski definition) is 5. The summed E-state index contributed by atoms with van der Waals surface area (Å²) in [4.78, 5) is 15.7. The van der Waals surface area contributed by atoms with Crippen molar-refractivity contribution >= 4 is 17.8 Å². The number of esters is 1. The second-order valence-corrected chi connectivity index (χ2v) is 4.20. The number of benzene rings is 1. The van der Waals surface area contributed by atoms with E-state index < -0.39 is 5.97 Å². The van der Waals surface area contributed by atoms with E-state index in [1.54, 1.807) is 36.4 Å². The zero-order chi connectivity index (χ0) is 15.2. The van der Waals surface area contributed by atoms with Gasteiger partial charge in [-0.15, -0.1) is 0 Å². The van der Waals surface area contributed by atoms with Gasteiger partial charge in [-0.25, -0.2) is 9.78 Å². The van der Waals surface area contributed by atoms with Crippen LogP contribution in [0, 0.1) is 0 Å². The fraction of sp³-hybridized carbons (Fsp3) is 0.125. The summed E-state index contributed by atoms with van der Waals surface area (Å²) in [6.07, 6.45) is 3.03. The molecule has 0 unspecified atom stereocenters. The number of hydrogen-bond donors (Lipinski definition) is 1. The number of aliphatic hydroxyl groups excluding tert-OH is 1. The van der Waals surface area contributed by atoms with Crippen LogP contribution in [0.1, 0.15) is 21.5 Å². The van der Waals surface area contributed by atoms with E-state index in [1.807, 2.05) is 0 Å². The normalized spacial score (nSPS) is 11.0. The lowest BCUT2D eigenvalue weighted by Gasteiger charge is -2.06. The number of nitrogens with zero attached hydrogens (tertiary/aromatic N) is 1. The van der Waals surface area contributed by atoms with Crippen molar-refractivity contribution in [2.45, 2.75) is 0 Å². The second-order valence-electron chi connectivity index (χ2n) is 4.20. The Hall–Kier alpha value is -2.82. The summed E-state index contributed by atoms with van der Waals surface area (Å²) in [5.41, 5.74) is 1.49. The molecule has 2 rings (SSSR count). The van der Waals surface area contributed by atoms with Crippen LogP contribution in [-0.4, -0.2) is 30.3 Å². The van der Waals surface area contributed by atoms with Crippen LogP contribution in [-0.2, 0) is 4.74 Å². The molecule has 0 radical (unpaired) electrons. The van der Waals surface area contributed by atoms with Gasteiger partial charge in [0.2, 0.25) is 5.88 Å². The lowest BCUT2D eigenvalue weighted by Crippen LogP contribution is -2.03. The van der Waals surface area contributed by atoms with Gasteiger partial charge in [0.1, 0.15) is 5.76 Å². The molecule has 0 bridgehead atoms. The van der Waals surface area contributed by atoms with E-state index >= 15 is 0 Å². The van der Waals surface area contributed by atoms with Gasteiger partial charge < -0.3 is 14.6 Å². The van der Waals surface area contributed by atoms with Crippen molar-refractivity contribution < 1.29 is 19.4 Å². The smallest absolute Gasteiger partial charge is 0.338 e. The lowest BCUT2D eigenvalue weighted by atomic mass is 10.1. The summed E-state index contributed by atoms with van der Waals surface area (Å²) >= 11 is 0. The highest BCUT2D eigenvalue weighted by atomic mass is 16.5. The van der Waals surface area contributed by atoms with E-state index in [0.29, 0.717) is 22.6 Å². The molecular weight excluding hydrogens is 270 g/mol. The zero-order valence-electron chi connectivity index (χ0n) is 11.7. The summed E-state index contributed by atoms with van der Waals surface area (Å²) in [6.45, 7) is 0. The van der Waals surface area contributed by atoms with E-state index in [4.69, 9.17) is 9.47 Å². The summed E-state index contributed by atoms with van der Waals surface area (Å²) in [6, 6.07) is 10.1. The van der Waals surface area contributed by atoms with Crippen LogP contribution in [0.5, 0.6) is 5.88 Å². The van der Waals surface area contributed by atoms with Crippen molar-refractivity contribution in [2.75, 3.05) is 14.2 Å². The van der Waals surface area contributed by atoms with Crippen molar-refractivity contribution in [1.29, 1.82) is 0 Å². The van der Waals surface area contributed by atoms with Crippen molar-refractivity contribution in [2.24, 2.45) is 0 Å². The van der Waals surface area contributed by atoms with Gasteiger partial charge in [-0.2, -0.15) is 0 Å². The maximum absolute atomic E-state index is 11.7. The molecule has 21 heavy (non-hydrogen) atoms. The summed E-state index contributed by atoms with van der Waals surface area (Å²) < 4.78 is 9.73. The van der Waals surface area contributed by atoms with Gasteiger partial charge in [0.15, 0.2) is 0 Å². The molecule has 0 saturated heterocycles. The minimum absolute atomic E-state index is 0.00653. The molecule has 0 atom stereocenters. The number of carbonyl (C=O) groups excluding carboxylic acids is 1. The first-order valence-electron chi connectivity index (χ1n) is 6.24. The number of methoxy groups -OCH3 is 2. The Labute approximate surface area is 122 Å². The highest BCUT2D eigenvalue weighted by Crippen LogP contribution is 2.20. The minimum atomic E-state index is -0.457. The van der Waals surface area contributed by atoms with Crippen molar-refractivity contribution in [3.63, 3.8) is 0 Å². The van der Waals surface area contributed by atoms with Crippen LogP contribution >= 0.6 is 0 Å². The Balaban J connectivity index is 2.41. The monoisotopic (exact) mass is 285 g/mol. The van der Waals surface area contributed by atoms with Gasteiger partial charge >= 0.3 is 5.97 Å². The fourth-order valence-electron chi connectivity index (χ4n) is 1.83. The van der Waals surface area contributed by atoms with E-state index in [1.165, 1.54) is 26.5 Å². The van der Waals surface area contributed by atoms with Gasteiger partial charge in [0.05, 0.1) is 19.8 Å². The fourth-order valence-corrected chi connectivity index (χ4v) is 1.83. The van der Waals surface area contributed by atoms with E-state index in [2.05, 4.69) is 4.98 Å². The number of carbonyl (C=O) groups is 1. The molecule has 1 aromatic carbocycles. The Morgan fingerprint density at radius 2 is 2.00 bits per heavy atom. The molecule has 0 aliphatic heterocycles. The Morgan fingerprint density at radius 3 is 2.71 bits per heavy atom. The average molecular weight is 285 g/mol. The standard InChI is InChI=1S/C16H15NO4/c1-20-15-10-12(7-8-17-15)14(18)9-11-5-3-4-6-13(11)16(19)21-2/h3-10,18H,1-2H3/b14-9+. The van der Waals surface area contributed by atoms with Crippen LogP contribution in [0.15, 0.2) is 42.6 Å². The molecule has 108 valence electrons. The van der Waals surface area contributed by atoms with Crippen LogP contribution < -0.4 is 4.74 Å². The SMILES string of the molecule is COC(=O)c1ccccc1/C=C(/O)c1ccnc(OC)c1. The summed E-state index contributed by atoms with van der Waals surface area (Å²) in [5, 5.41) is 10.2. The molecule has 5 heteroatoms. The maximum Gasteiger partial charge on any atom is 0.338 e.